The Balaban J connectivity index is 0.000000226. The van der Waals surface area contributed by atoms with E-state index in [2.05, 4.69) is 173 Å². The molecule has 2 aromatic heterocycles. The fraction of sp³-hybridized carbons (Fsp3) is 0.364. The van der Waals surface area contributed by atoms with Crippen LogP contribution in [0.1, 0.15) is 151 Å². The van der Waals surface area contributed by atoms with E-state index in [1.54, 1.807) is 12.1 Å². The number of aromatic hydroxyl groups is 3. The predicted molar refractivity (Wildman–Crippen MR) is 311 cm³/mol. The molecule has 3 N–H and O–H groups in total. The molecule has 0 atom stereocenters. The number of ether oxygens (including phenoxy) is 1. The van der Waals surface area contributed by atoms with E-state index in [9.17, 15) is 15.3 Å². The van der Waals surface area contributed by atoms with Crippen LogP contribution in [0.4, 0.5) is 0 Å². The van der Waals surface area contributed by atoms with Crippen molar-refractivity contribution in [3.05, 3.63) is 156 Å². The number of benzene rings is 6. The lowest BCUT2D eigenvalue weighted by atomic mass is 9.86. The molecule has 0 aliphatic rings. The summed E-state index contributed by atoms with van der Waals surface area (Å²) in [6.45, 7) is 29.1. The standard InChI is InChI=1S/C37H47N3O2.C29H31N3O2/c1-8-9-10-11-12-13-24-42-30-22-23-31(32(41)25-30)35-39-33(26-14-18-28(19-15-26)36(2,3)4)38-34(40-35)27-16-20-29(21-17-27)37(5,6)7;1-28(2,3)20-11-7-18(8-12-20)25-30-26(19-9-13-21(14-10-19)29(4,5)6)32-27(31-25)23-16-15-22(33)17-24(23)34/h14-23,25,41H,8-13,24H2,1-7H3;7-17,33-34H,1-6H3. The van der Waals surface area contributed by atoms with Crippen molar-refractivity contribution < 1.29 is 20.1 Å². The third-order valence-electron chi connectivity index (χ3n) is 13.5. The second-order valence-corrected chi connectivity index (χ2v) is 23.9. The molecule has 10 heteroatoms. The summed E-state index contributed by atoms with van der Waals surface area (Å²) in [5.74, 6) is 3.57. The first-order chi connectivity index (χ1) is 35.9. The van der Waals surface area contributed by atoms with Gasteiger partial charge in [-0.3, -0.25) is 0 Å². The summed E-state index contributed by atoms with van der Waals surface area (Å²) in [6, 6.07) is 43.0. The van der Waals surface area contributed by atoms with Crippen LogP contribution in [0.3, 0.4) is 0 Å². The van der Waals surface area contributed by atoms with Gasteiger partial charge in [-0.05, 0) is 74.6 Å². The van der Waals surface area contributed by atoms with E-state index in [0.29, 0.717) is 58.4 Å². The second kappa shape index (κ2) is 23.6. The van der Waals surface area contributed by atoms with Crippen molar-refractivity contribution in [3.8, 4) is 91.3 Å². The summed E-state index contributed by atoms with van der Waals surface area (Å²) >= 11 is 0. The predicted octanol–water partition coefficient (Wildman–Crippen LogP) is 16.8. The molecule has 0 aliphatic heterocycles. The molecule has 0 spiro atoms. The van der Waals surface area contributed by atoms with Crippen molar-refractivity contribution in [2.45, 2.75) is 150 Å². The molecule has 76 heavy (non-hydrogen) atoms. The van der Waals surface area contributed by atoms with Crippen LogP contribution in [0.15, 0.2) is 133 Å². The van der Waals surface area contributed by atoms with E-state index in [1.165, 1.54) is 60.1 Å². The van der Waals surface area contributed by atoms with Gasteiger partial charge in [0.15, 0.2) is 34.9 Å². The van der Waals surface area contributed by atoms with E-state index in [4.69, 9.17) is 24.7 Å². The van der Waals surface area contributed by atoms with Crippen LogP contribution in [0.2, 0.25) is 0 Å². The maximum atomic E-state index is 11.0. The molecule has 0 aliphatic carbocycles. The molecule has 0 amide bonds. The Hall–Kier alpha value is -7.46. The van der Waals surface area contributed by atoms with Crippen molar-refractivity contribution in [3.63, 3.8) is 0 Å². The van der Waals surface area contributed by atoms with Gasteiger partial charge in [0.05, 0.1) is 17.7 Å². The van der Waals surface area contributed by atoms with Gasteiger partial charge < -0.3 is 20.1 Å². The topological polar surface area (TPSA) is 147 Å². The molecule has 0 saturated carbocycles. The largest absolute Gasteiger partial charge is 0.508 e. The zero-order valence-corrected chi connectivity index (χ0v) is 47.1. The fourth-order valence-corrected chi connectivity index (χ4v) is 8.56. The summed E-state index contributed by atoms with van der Waals surface area (Å²) < 4.78 is 5.93. The van der Waals surface area contributed by atoms with E-state index in [0.717, 1.165) is 35.1 Å². The average molecular weight is 1020 g/mol. The van der Waals surface area contributed by atoms with E-state index in [-0.39, 0.29) is 38.9 Å². The Morgan fingerprint density at radius 2 is 0.645 bits per heavy atom. The third-order valence-corrected chi connectivity index (χ3v) is 13.5. The number of nitrogens with zero attached hydrogens (tertiary/aromatic N) is 6. The first kappa shape index (κ1) is 56.3. The maximum Gasteiger partial charge on any atom is 0.167 e. The van der Waals surface area contributed by atoms with Gasteiger partial charge in [-0.25, -0.2) is 29.9 Å². The molecule has 396 valence electrons. The number of unbranched alkanes of at least 4 members (excludes halogenated alkanes) is 5. The number of phenols is 3. The van der Waals surface area contributed by atoms with Gasteiger partial charge in [0.25, 0.3) is 0 Å². The molecule has 10 nitrogen and oxygen atoms in total. The van der Waals surface area contributed by atoms with Crippen LogP contribution >= 0.6 is 0 Å². The minimum absolute atomic E-state index is 0.0220. The van der Waals surface area contributed by atoms with E-state index < -0.39 is 0 Å². The van der Waals surface area contributed by atoms with Crippen LogP contribution in [0, 0.1) is 0 Å². The summed E-state index contributed by atoms with van der Waals surface area (Å²) in [4.78, 5) is 28.7. The Morgan fingerprint density at radius 1 is 0.342 bits per heavy atom. The molecule has 6 aromatic carbocycles. The minimum Gasteiger partial charge on any atom is -0.508 e. The van der Waals surface area contributed by atoms with Gasteiger partial charge >= 0.3 is 0 Å². The van der Waals surface area contributed by atoms with Crippen LogP contribution in [-0.4, -0.2) is 51.8 Å². The first-order valence-corrected chi connectivity index (χ1v) is 26.8. The lowest BCUT2D eigenvalue weighted by molar-refractivity contribution is 0.303. The Morgan fingerprint density at radius 3 is 0.961 bits per heavy atom. The molecule has 0 unspecified atom stereocenters. The quantitative estimate of drug-likeness (QED) is 0.0899. The minimum atomic E-state index is -0.0886. The van der Waals surface area contributed by atoms with E-state index >= 15 is 0 Å². The monoisotopic (exact) mass is 1020 g/mol. The van der Waals surface area contributed by atoms with Crippen LogP contribution in [-0.2, 0) is 21.7 Å². The highest BCUT2D eigenvalue weighted by Crippen LogP contribution is 2.36. The zero-order valence-electron chi connectivity index (χ0n) is 47.1. The summed E-state index contributed by atoms with van der Waals surface area (Å²) in [6.07, 6.45) is 7.23. The van der Waals surface area contributed by atoms with Gasteiger partial charge in [0.2, 0.25) is 0 Å². The first-order valence-electron chi connectivity index (χ1n) is 26.8. The van der Waals surface area contributed by atoms with Crippen LogP contribution in [0.5, 0.6) is 23.0 Å². The van der Waals surface area contributed by atoms with Gasteiger partial charge in [-0.1, -0.05) is 219 Å². The fourth-order valence-electron chi connectivity index (χ4n) is 8.56. The number of hydrogen-bond acceptors (Lipinski definition) is 10. The van der Waals surface area contributed by atoms with Crippen molar-refractivity contribution in [1.82, 2.24) is 29.9 Å². The maximum absolute atomic E-state index is 11.0. The smallest absolute Gasteiger partial charge is 0.167 e. The highest BCUT2D eigenvalue weighted by atomic mass is 16.5. The summed E-state index contributed by atoms with van der Waals surface area (Å²) in [5.41, 5.74) is 9.62. The molecule has 0 radical (unpaired) electrons. The molecule has 0 saturated heterocycles. The average Bonchev–Trinajstić information content (AvgIpc) is 3.39. The number of phenolic OH excluding ortho intramolecular Hbond substituents is 3. The normalized spacial score (nSPS) is 12.0. The molecule has 8 rings (SSSR count). The Bertz CT molecular complexity index is 3040. The van der Waals surface area contributed by atoms with Crippen molar-refractivity contribution in [1.29, 1.82) is 0 Å². The SMILES string of the molecule is CC(C)(C)c1ccc(-c2nc(-c3ccc(C(C)(C)C)cc3)nc(-c3ccc(O)cc3O)n2)cc1.CCCCCCCCOc1ccc(-c2nc(-c3ccc(C(C)(C)C)cc3)nc(-c3ccc(C(C)(C)C)cc3)n2)c(O)c1. The number of rotatable bonds is 14. The van der Waals surface area contributed by atoms with Crippen molar-refractivity contribution in [2.24, 2.45) is 0 Å². The molecule has 8 aromatic rings. The number of aromatic nitrogens is 6. The Labute approximate surface area is 451 Å². The highest BCUT2D eigenvalue weighted by molar-refractivity contribution is 5.72. The number of hydrogen-bond donors (Lipinski definition) is 3. The third kappa shape index (κ3) is 14.7. The van der Waals surface area contributed by atoms with Crippen LogP contribution < -0.4 is 4.74 Å². The molecule has 2 heterocycles. The van der Waals surface area contributed by atoms with Crippen molar-refractivity contribution >= 4 is 0 Å². The van der Waals surface area contributed by atoms with Gasteiger partial charge in [-0.2, -0.15) is 0 Å². The summed E-state index contributed by atoms with van der Waals surface area (Å²) in [7, 11) is 0. The second-order valence-electron chi connectivity index (χ2n) is 23.9. The van der Waals surface area contributed by atoms with E-state index in [1.807, 2.05) is 36.4 Å². The van der Waals surface area contributed by atoms with Crippen LogP contribution in [0.25, 0.3) is 68.3 Å². The van der Waals surface area contributed by atoms with Gasteiger partial charge in [0, 0.05) is 34.4 Å². The molecule has 0 bridgehead atoms. The lowest BCUT2D eigenvalue weighted by Crippen LogP contribution is -2.11. The lowest BCUT2D eigenvalue weighted by Gasteiger charge is -2.19. The molecule has 0 fully saturated rings. The van der Waals surface area contributed by atoms with Gasteiger partial charge in [-0.15, -0.1) is 0 Å². The Kier molecular flexibility index (Phi) is 17.5. The summed E-state index contributed by atoms with van der Waals surface area (Å²) in [5, 5.41) is 31.2. The molecular weight excluding hydrogens is 941 g/mol. The van der Waals surface area contributed by atoms with Gasteiger partial charge in [0.1, 0.15) is 23.0 Å². The molecular formula is C66H78N6O4. The van der Waals surface area contributed by atoms with Crippen molar-refractivity contribution in [2.75, 3.05) is 6.61 Å². The highest BCUT2D eigenvalue weighted by Gasteiger charge is 2.21. The zero-order chi connectivity index (χ0) is 55.0.